The van der Waals surface area contributed by atoms with Crippen LogP contribution in [0.2, 0.25) is 5.02 Å². The first-order valence-electron chi connectivity index (χ1n) is 7.83. The van der Waals surface area contributed by atoms with E-state index in [2.05, 4.69) is 15.5 Å². The average Bonchev–Trinajstić information content (AvgIpc) is 3.15. The summed E-state index contributed by atoms with van der Waals surface area (Å²) in [7, 11) is 1.60. The molecule has 132 valence electrons. The van der Waals surface area contributed by atoms with Gasteiger partial charge in [0.25, 0.3) is 0 Å². The number of rotatable bonds is 6. The third-order valence-electron chi connectivity index (χ3n) is 3.55. The Kier molecular flexibility index (Phi) is 5.66. The first-order chi connectivity index (χ1) is 12.7. The number of methoxy groups -OCH3 is 1. The van der Waals surface area contributed by atoms with Gasteiger partial charge in [-0.15, -0.1) is 0 Å². The van der Waals surface area contributed by atoms with Gasteiger partial charge in [-0.2, -0.15) is 4.98 Å². The third-order valence-corrected chi connectivity index (χ3v) is 3.89. The van der Waals surface area contributed by atoms with Crippen LogP contribution < -0.4 is 10.1 Å². The number of amides is 1. The van der Waals surface area contributed by atoms with Crippen LogP contribution in [0.3, 0.4) is 0 Å². The average molecular weight is 370 g/mol. The molecule has 1 heterocycles. The van der Waals surface area contributed by atoms with E-state index in [1.807, 2.05) is 42.5 Å². The van der Waals surface area contributed by atoms with Gasteiger partial charge >= 0.3 is 0 Å². The first kappa shape index (κ1) is 17.7. The summed E-state index contributed by atoms with van der Waals surface area (Å²) in [6, 6.07) is 14.6. The molecule has 1 amide bonds. The summed E-state index contributed by atoms with van der Waals surface area (Å²) in [5.41, 5.74) is 1.56. The predicted octanol–water partition coefficient (Wildman–Crippen LogP) is 3.73. The van der Waals surface area contributed by atoms with E-state index in [4.69, 9.17) is 20.9 Å². The fourth-order valence-electron chi connectivity index (χ4n) is 2.18. The number of ether oxygens (including phenoxy) is 1. The van der Waals surface area contributed by atoms with Crippen molar-refractivity contribution >= 4 is 23.6 Å². The third kappa shape index (κ3) is 4.49. The molecular formula is C19H16ClN3O3. The van der Waals surface area contributed by atoms with Gasteiger partial charge in [0.15, 0.2) is 0 Å². The highest BCUT2D eigenvalue weighted by Gasteiger charge is 2.09. The Morgan fingerprint density at radius 3 is 2.73 bits per heavy atom. The number of carbonyl (C=O) groups is 1. The van der Waals surface area contributed by atoms with Gasteiger partial charge in [0.2, 0.25) is 17.6 Å². The second-order valence-corrected chi connectivity index (χ2v) is 5.72. The molecule has 0 atom stereocenters. The molecule has 0 bridgehead atoms. The number of benzene rings is 2. The van der Waals surface area contributed by atoms with E-state index in [9.17, 15) is 4.79 Å². The maximum atomic E-state index is 11.9. The zero-order valence-corrected chi connectivity index (χ0v) is 14.7. The van der Waals surface area contributed by atoms with Gasteiger partial charge in [-0.3, -0.25) is 4.79 Å². The van der Waals surface area contributed by atoms with Crippen LogP contribution in [0.25, 0.3) is 17.5 Å². The van der Waals surface area contributed by atoms with E-state index in [-0.39, 0.29) is 12.5 Å². The van der Waals surface area contributed by atoms with E-state index in [0.29, 0.717) is 16.7 Å². The Morgan fingerprint density at radius 2 is 2.00 bits per heavy atom. The minimum absolute atomic E-state index is 0.134. The Bertz CT molecular complexity index is 920. The number of hydrogen-bond acceptors (Lipinski definition) is 5. The molecule has 0 spiro atoms. The zero-order valence-electron chi connectivity index (χ0n) is 14.0. The smallest absolute Gasteiger partial charge is 0.246 e. The minimum Gasteiger partial charge on any atom is -0.497 e. The molecule has 0 aliphatic carbocycles. The van der Waals surface area contributed by atoms with Crippen LogP contribution in [0.1, 0.15) is 11.5 Å². The number of carbonyl (C=O) groups excluding carboxylic acids is 1. The second kappa shape index (κ2) is 8.31. The molecule has 0 aliphatic rings. The van der Waals surface area contributed by atoms with E-state index in [1.165, 1.54) is 6.08 Å². The van der Waals surface area contributed by atoms with Gasteiger partial charge in [-0.05, 0) is 42.0 Å². The lowest BCUT2D eigenvalue weighted by Crippen LogP contribution is -2.20. The Hall–Kier alpha value is -3.12. The molecule has 0 saturated carbocycles. The minimum atomic E-state index is -0.283. The summed E-state index contributed by atoms with van der Waals surface area (Å²) in [5.74, 6) is 1.22. The van der Waals surface area contributed by atoms with Gasteiger partial charge in [0, 0.05) is 16.7 Å². The van der Waals surface area contributed by atoms with Crippen molar-refractivity contribution in [2.24, 2.45) is 0 Å². The van der Waals surface area contributed by atoms with Crippen molar-refractivity contribution in [3.05, 3.63) is 71.1 Å². The van der Waals surface area contributed by atoms with Crippen molar-refractivity contribution in [2.75, 3.05) is 7.11 Å². The summed E-state index contributed by atoms with van der Waals surface area (Å²) in [6.45, 7) is 0.134. The lowest BCUT2D eigenvalue weighted by atomic mass is 10.2. The Balaban J connectivity index is 1.57. The Morgan fingerprint density at radius 1 is 1.23 bits per heavy atom. The molecule has 3 rings (SSSR count). The van der Waals surface area contributed by atoms with Gasteiger partial charge in [0.1, 0.15) is 5.75 Å². The molecule has 0 aliphatic heterocycles. The fraction of sp³-hybridized carbons (Fsp3) is 0.105. The molecule has 0 radical (unpaired) electrons. The van der Waals surface area contributed by atoms with E-state index in [0.717, 1.165) is 16.9 Å². The highest BCUT2D eigenvalue weighted by Crippen LogP contribution is 2.19. The largest absolute Gasteiger partial charge is 0.497 e. The highest BCUT2D eigenvalue weighted by molar-refractivity contribution is 6.32. The first-order valence-corrected chi connectivity index (χ1v) is 8.21. The van der Waals surface area contributed by atoms with E-state index < -0.39 is 0 Å². The molecule has 0 unspecified atom stereocenters. The number of nitrogens with zero attached hydrogens (tertiary/aromatic N) is 2. The molecule has 0 saturated heterocycles. The zero-order chi connectivity index (χ0) is 18.4. The molecular weight excluding hydrogens is 354 g/mol. The van der Waals surface area contributed by atoms with Crippen molar-refractivity contribution in [2.45, 2.75) is 6.54 Å². The quantitative estimate of drug-likeness (QED) is 0.670. The van der Waals surface area contributed by atoms with E-state index in [1.54, 1.807) is 19.3 Å². The Labute approximate surface area is 155 Å². The maximum Gasteiger partial charge on any atom is 0.246 e. The van der Waals surface area contributed by atoms with Crippen LogP contribution in [0.15, 0.2) is 59.1 Å². The van der Waals surface area contributed by atoms with Crippen molar-refractivity contribution < 1.29 is 14.1 Å². The number of nitrogens with one attached hydrogen (secondary N) is 1. The fourth-order valence-corrected chi connectivity index (χ4v) is 2.38. The van der Waals surface area contributed by atoms with Gasteiger partial charge in [0.05, 0.1) is 13.7 Å². The molecule has 1 N–H and O–H groups in total. The van der Waals surface area contributed by atoms with Crippen LogP contribution in [-0.2, 0) is 11.3 Å². The maximum absolute atomic E-state index is 11.9. The lowest BCUT2D eigenvalue weighted by molar-refractivity contribution is -0.116. The normalized spacial score (nSPS) is 10.8. The SMILES string of the molecule is COc1ccc(-c2noc(CNC(=O)C=Cc3ccccc3Cl)n2)cc1. The van der Waals surface area contributed by atoms with Crippen LogP contribution >= 0.6 is 11.6 Å². The molecule has 6 nitrogen and oxygen atoms in total. The number of halogens is 1. The summed E-state index contributed by atoms with van der Waals surface area (Å²) >= 11 is 6.04. The topological polar surface area (TPSA) is 77.3 Å². The van der Waals surface area contributed by atoms with Crippen molar-refractivity contribution in [1.82, 2.24) is 15.5 Å². The standard InChI is InChI=1S/C19H16ClN3O3/c1-25-15-9-6-14(7-10-15)19-22-18(26-23-19)12-21-17(24)11-8-13-4-2-3-5-16(13)20/h2-11H,12H2,1H3,(H,21,24). The molecule has 1 aromatic heterocycles. The van der Waals surface area contributed by atoms with E-state index >= 15 is 0 Å². The molecule has 2 aromatic carbocycles. The van der Waals surface area contributed by atoms with Crippen molar-refractivity contribution in [1.29, 1.82) is 0 Å². The van der Waals surface area contributed by atoms with Crippen LogP contribution in [0.4, 0.5) is 0 Å². The predicted molar refractivity (Wildman–Crippen MR) is 98.6 cm³/mol. The summed E-state index contributed by atoms with van der Waals surface area (Å²) in [4.78, 5) is 16.2. The molecule has 0 fully saturated rings. The second-order valence-electron chi connectivity index (χ2n) is 5.31. The summed E-state index contributed by atoms with van der Waals surface area (Å²) in [6.07, 6.45) is 3.05. The van der Waals surface area contributed by atoms with Crippen LogP contribution in [-0.4, -0.2) is 23.2 Å². The van der Waals surface area contributed by atoms with Crippen LogP contribution in [0, 0.1) is 0 Å². The number of aromatic nitrogens is 2. The van der Waals surface area contributed by atoms with Crippen molar-refractivity contribution in [3.63, 3.8) is 0 Å². The van der Waals surface area contributed by atoms with Gasteiger partial charge in [-0.25, -0.2) is 0 Å². The number of hydrogen-bond donors (Lipinski definition) is 1. The van der Waals surface area contributed by atoms with Gasteiger partial charge in [-0.1, -0.05) is 35.0 Å². The summed E-state index contributed by atoms with van der Waals surface area (Å²) < 4.78 is 10.3. The molecule has 7 heteroatoms. The van der Waals surface area contributed by atoms with Gasteiger partial charge < -0.3 is 14.6 Å². The molecule has 26 heavy (non-hydrogen) atoms. The van der Waals surface area contributed by atoms with Crippen LogP contribution in [0.5, 0.6) is 5.75 Å². The lowest BCUT2D eigenvalue weighted by Gasteiger charge is -1.99. The monoisotopic (exact) mass is 369 g/mol. The molecule has 3 aromatic rings. The highest BCUT2D eigenvalue weighted by atomic mass is 35.5. The summed E-state index contributed by atoms with van der Waals surface area (Å²) in [5, 5.41) is 7.18. The van der Waals surface area contributed by atoms with Crippen molar-refractivity contribution in [3.8, 4) is 17.1 Å².